The van der Waals surface area contributed by atoms with E-state index in [0.717, 1.165) is 50.6 Å². The molecule has 0 bridgehead atoms. The molecule has 4 rings (SSSR count). The van der Waals surface area contributed by atoms with E-state index in [2.05, 4.69) is 47.5 Å². The molecular formula is C25H35N3O3. The van der Waals surface area contributed by atoms with E-state index in [1.165, 1.54) is 18.2 Å². The molecule has 0 spiro atoms. The number of aromatic nitrogens is 2. The minimum Gasteiger partial charge on any atom is -0.453 e. The minimum atomic E-state index is -0.264. The van der Waals surface area contributed by atoms with Gasteiger partial charge in [-0.1, -0.05) is 37.3 Å². The van der Waals surface area contributed by atoms with Crippen LogP contribution in [-0.4, -0.2) is 53.6 Å². The number of hydrogen-bond donors (Lipinski definition) is 1. The smallest absolute Gasteiger partial charge is 0.409 e. The highest BCUT2D eigenvalue weighted by atomic mass is 16.5. The summed E-state index contributed by atoms with van der Waals surface area (Å²) < 4.78 is 11.5. The molecule has 1 aromatic carbocycles. The van der Waals surface area contributed by atoms with Crippen LogP contribution < -0.4 is 0 Å². The number of carbonyl (C=O) groups excluding carboxylic acids is 1. The predicted molar refractivity (Wildman–Crippen MR) is 120 cm³/mol. The second kappa shape index (κ2) is 10.3. The molecule has 2 fully saturated rings. The van der Waals surface area contributed by atoms with Crippen LogP contribution >= 0.6 is 0 Å². The average molecular weight is 426 g/mol. The molecule has 0 radical (unpaired) electrons. The van der Waals surface area contributed by atoms with Crippen LogP contribution in [-0.2, 0) is 15.9 Å². The van der Waals surface area contributed by atoms with E-state index in [-0.39, 0.29) is 24.2 Å². The number of aromatic amines is 1. The van der Waals surface area contributed by atoms with Gasteiger partial charge in [0.25, 0.3) is 0 Å². The van der Waals surface area contributed by atoms with E-state index in [9.17, 15) is 4.79 Å². The maximum Gasteiger partial charge on any atom is 0.409 e. The van der Waals surface area contributed by atoms with Gasteiger partial charge in [-0.15, -0.1) is 0 Å². The number of benzene rings is 1. The SMILES string of the molecule is CCc1c[nH]nc1[C@H]1CCCN(C(=O)OC)[C@H]1CO[C@H]1CC[C@@H](c2ccccc2)CC1. The molecule has 31 heavy (non-hydrogen) atoms. The van der Waals surface area contributed by atoms with Crippen LogP contribution in [0.3, 0.4) is 0 Å². The molecule has 168 valence electrons. The van der Waals surface area contributed by atoms with Crippen molar-refractivity contribution in [1.82, 2.24) is 15.1 Å². The van der Waals surface area contributed by atoms with Crippen molar-refractivity contribution in [3.63, 3.8) is 0 Å². The summed E-state index contributed by atoms with van der Waals surface area (Å²) in [7, 11) is 1.46. The molecule has 1 N–H and O–H groups in total. The van der Waals surface area contributed by atoms with Crippen molar-refractivity contribution in [2.45, 2.75) is 75.9 Å². The molecule has 2 heterocycles. The van der Waals surface area contributed by atoms with Crippen LogP contribution in [0.2, 0.25) is 0 Å². The number of rotatable bonds is 6. The second-order valence-corrected chi connectivity index (χ2v) is 8.85. The maximum absolute atomic E-state index is 12.5. The third kappa shape index (κ3) is 4.95. The van der Waals surface area contributed by atoms with Gasteiger partial charge < -0.3 is 14.4 Å². The van der Waals surface area contributed by atoms with Crippen LogP contribution in [0, 0.1) is 0 Å². The third-order valence-corrected chi connectivity index (χ3v) is 7.12. The standard InChI is InChI=1S/C25H35N3O3/c1-3-18-16-26-27-24(18)22-10-7-15-28(25(29)30-2)23(22)17-31-21-13-11-20(12-14-21)19-8-5-4-6-9-19/h4-6,8-9,16,20-23H,3,7,10-15,17H2,1-2H3,(H,26,27)/t20-,21+,22-,23-/m0/s1. The molecule has 2 atom stereocenters. The number of nitrogens with one attached hydrogen (secondary N) is 1. The lowest BCUT2D eigenvalue weighted by Crippen LogP contribution is -2.50. The van der Waals surface area contributed by atoms with Crippen molar-refractivity contribution in [2.24, 2.45) is 0 Å². The first-order valence-corrected chi connectivity index (χ1v) is 11.7. The fourth-order valence-electron chi connectivity index (χ4n) is 5.38. The molecule has 1 saturated carbocycles. The van der Waals surface area contributed by atoms with E-state index in [1.54, 1.807) is 0 Å². The zero-order valence-electron chi connectivity index (χ0n) is 18.8. The zero-order valence-corrected chi connectivity index (χ0v) is 18.8. The van der Waals surface area contributed by atoms with Crippen LogP contribution in [0.1, 0.15) is 74.1 Å². The predicted octanol–water partition coefficient (Wildman–Crippen LogP) is 5.03. The Hall–Kier alpha value is -2.34. The Morgan fingerprint density at radius 1 is 1.16 bits per heavy atom. The van der Waals surface area contributed by atoms with Gasteiger partial charge in [0.05, 0.1) is 31.6 Å². The molecule has 1 aliphatic heterocycles. The van der Waals surface area contributed by atoms with Crippen molar-refractivity contribution in [3.8, 4) is 0 Å². The Balaban J connectivity index is 1.41. The van der Waals surface area contributed by atoms with Gasteiger partial charge >= 0.3 is 6.09 Å². The molecule has 1 amide bonds. The van der Waals surface area contributed by atoms with Crippen molar-refractivity contribution in [2.75, 3.05) is 20.3 Å². The number of hydrogen-bond acceptors (Lipinski definition) is 4. The lowest BCUT2D eigenvalue weighted by Gasteiger charge is -2.41. The summed E-state index contributed by atoms with van der Waals surface area (Å²) in [4.78, 5) is 14.4. The summed E-state index contributed by atoms with van der Waals surface area (Å²) in [6.07, 6.45) is 9.31. The average Bonchev–Trinajstić information content (AvgIpc) is 3.31. The topological polar surface area (TPSA) is 67.5 Å². The van der Waals surface area contributed by atoms with Gasteiger partial charge in [-0.05, 0) is 62.0 Å². The third-order valence-electron chi connectivity index (χ3n) is 7.12. The highest BCUT2D eigenvalue weighted by Crippen LogP contribution is 2.37. The minimum absolute atomic E-state index is 0.0401. The second-order valence-electron chi connectivity index (χ2n) is 8.85. The van der Waals surface area contributed by atoms with E-state index < -0.39 is 0 Å². The lowest BCUT2D eigenvalue weighted by atomic mass is 9.82. The maximum atomic E-state index is 12.5. The Labute approximate surface area is 185 Å². The van der Waals surface area contributed by atoms with Gasteiger partial charge in [-0.3, -0.25) is 5.10 Å². The van der Waals surface area contributed by atoms with Gasteiger partial charge in [0, 0.05) is 18.7 Å². The first-order chi connectivity index (χ1) is 15.2. The summed E-state index contributed by atoms with van der Waals surface area (Å²) in [5, 5.41) is 7.59. The molecule has 0 unspecified atom stereocenters. The summed E-state index contributed by atoms with van der Waals surface area (Å²) in [5.74, 6) is 0.806. The molecule has 1 saturated heterocycles. The van der Waals surface area contributed by atoms with Crippen molar-refractivity contribution >= 4 is 6.09 Å². The number of H-pyrrole nitrogens is 1. The summed E-state index contributed by atoms with van der Waals surface area (Å²) >= 11 is 0. The summed E-state index contributed by atoms with van der Waals surface area (Å²) in [6, 6.07) is 10.8. The summed E-state index contributed by atoms with van der Waals surface area (Å²) in [6.45, 7) is 3.40. The largest absolute Gasteiger partial charge is 0.453 e. The number of aryl methyl sites for hydroxylation is 1. The van der Waals surface area contributed by atoms with Gasteiger partial charge in [0.1, 0.15) is 0 Å². The Morgan fingerprint density at radius 2 is 1.94 bits per heavy atom. The van der Waals surface area contributed by atoms with E-state index in [1.807, 2.05) is 11.1 Å². The van der Waals surface area contributed by atoms with E-state index >= 15 is 0 Å². The molecular weight excluding hydrogens is 390 g/mol. The van der Waals surface area contributed by atoms with Crippen molar-refractivity contribution in [3.05, 3.63) is 53.3 Å². The van der Waals surface area contributed by atoms with Crippen LogP contribution in [0.15, 0.2) is 36.5 Å². The molecule has 2 aliphatic rings. The molecule has 1 aliphatic carbocycles. The molecule has 6 nitrogen and oxygen atoms in total. The highest BCUT2D eigenvalue weighted by molar-refractivity contribution is 5.68. The monoisotopic (exact) mass is 425 g/mol. The van der Waals surface area contributed by atoms with Crippen molar-refractivity contribution < 1.29 is 14.3 Å². The number of amides is 1. The molecule has 1 aromatic heterocycles. The van der Waals surface area contributed by atoms with Gasteiger partial charge in [-0.2, -0.15) is 5.10 Å². The van der Waals surface area contributed by atoms with Crippen LogP contribution in [0.25, 0.3) is 0 Å². The first kappa shape index (κ1) is 21.9. The number of ether oxygens (including phenoxy) is 2. The number of carbonyl (C=O) groups is 1. The lowest BCUT2D eigenvalue weighted by molar-refractivity contribution is -0.0243. The Morgan fingerprint density at radius 3 is 2.65 bits per heavy atom. The summed E-state index contributed by atoms with van der Waals surface area (Å²) in [5.41, 5.74) is 3.75. The Kier molecular flexibility index (Phi) is 7.28. The molecule has 6 heteroatoms. The fraction of sp³-hybridized carbons (Fsp3) is 0.600. The van der Waals surface area contributed by atoms with Crippen LogP contribution in [0.4, 0.5) is 4.79 Å². The van der Waals surface area contributed by atoms with Crippen molar-refractivity contribution in [1.29, 1.82) is 0 Å². The first-order valence-electron chi connectivity index (χ1n) is 11.7. The molecule has 2 aromatic rings. The van der Waals surface area contributed by atoms with Crippen LogP contribution in [0.5, 0.6) is 0 Å². The highest BCUT2D eigenvalue weighted by Gasteiger charge is 2.38. The van der Waals surface area contributed by atoms with E-state index in [4.69, 9.17) is 9.47 Å². The normalized spacial score (nSPS) is 26.6. The zero-order chi connectivity index (χ0) is 21.6. The van der Waals surface area contributed by atoms with Gasteiger partial charge in [-0.25, -0.2) is 4.79 Å². The fourth-order valence-corrected chi connectivity index (χ4v) is 5.38. The number of nitrogens with zero attached hydrogens (tertiary/aromatic N) is 2. The van der Waals surface area contributed by atoms with Gasteiger partial charge in [0.2, 0.25) is 0 Å². The number of piperidine rings is 1. The Bertz CT molecular complexity index is 830. The van der Waals surface area contributed by atoms with Gasteiger partial charge in [0.15, 0.2) is 0 Å². The van der Waals surface area contributed by atoms with E-state index in [0.29, 0.717) is 19.1 Å². The number of likely N-dealkylation sites (tertiary alicyclic amines) is 1. The number of methoxy groups -OCH3 is 1. The quantitative estimate of drug-likeness (QED) is 0.705.